The van der Waals surface area contributed by atoms with Crippen molar-refractivity contribution in [2.24, 2.45) is 5.73 Å². The molecule has 0 saturated heterocycles. The van der Waals surface area contributed by atoms with E-state index in [1.165, 1.54) is 25.3 Å². The van der Waals surface area contributed by atoms with Gasteiger partial charge in [-0.3, -0.25) is 0 Å². The van der Waals surface area contributed by atoms with Gasteiger partial charge in [0.1, 0.15) is 11.6 Å². The SMILES string of the molecule is CCC(C)(OC)C(N)c1c(F)cccc1F. The van der Waals surface area contributed by atoms with E-state index in [2.05, 4.69) is 0 Å². The average molecular weight is 229 g/mol. The van der Waals surface area contributed by atoms with E-state index in [9.17, 15) is 8.78 Å². The van der Waals surface area contributed by atoms with E-state index in [4.69, 9.17) is 10.5 Å². The van der Waals surface area contributed by atoms with Crippen LogP contribution < -0.4 is 5.73 Å². The molecule has 1 aromatic carbocycles. The first-order chi connectivity index (χ1) is 7.46. The van der Waals surface area contributed by atoms with Gasteiger partial charge in [0.15, 0.2) is 0 Å². The van der Waals surface area contributed by atoms with E-state index in [1.54, 1.807) is 6.92 Å². The molecule has 0 aromatic heterocycles. The van der Waals surface area contributed by atoms with Crippen molar-refractivity contribution in [3.05, 3.63) is 35.4 Å². The lowest BCUT2D eigenvalue weighted by molar-refractivity contribution is -0.0211. The first-order valence-electron chi connectivity index (χ1n) is 5.21. The van der Waals surface area contributed by atoms with Gasteiger partial charge in [-0.25, -0.2) is 8.78 Å². The summed E-state index contributed by atoms with van der Waals surface area (Å²) >= 11 is 0. The topological polar surface area (TPSA) is 35.2 Å². The molecule has 16 heavy (non-hydrogen) atoms. The zero-order chi connectivity index (χ0) is 12.3. The van der Waals surface area contributed by atoms with Crippen LogP contribution in [0.2, 0.25) is 0 Å². The fourth-order valence-electron chi connectivity index (χ4n) is 1.60. The molecule has 0 saturated carbocycles. The second-order valence-corrected chi connectivity index (χ2v) is 3.98. The van der Waals surface area contributed by atoms with Crippen LogP contribution in [0.25, 0.3) is 0 Å². The van der Waals surface area contributed by atoms with Gasteiger partial charge in [-0.2, -0.15) is 0 Å². The minimum absolute atomic E-state index is 0.117. The molecule has 0 fully saturated rings. The molecular weight excluding hydrogens is 212 g/mol. The van der Waals surface area contributed by atoms with Crippen molar-refractivity contribution < 1.29 is 13.5 Å². The molecule has 0 aliphatic carbocycles. The Kier molecular flexibility index (Phi) is 3.99. The molecule has 2 atom stereocenters. The molecule has 1 aromatic rings. The number of halogens is 2. The number of benzene rings is 1. The molecule has 0 spiro atoms. The summed E-state index contributed by atoms with van der Waals surface area (Å²) in [6, 6.07) is 2.88. The maximum absolute atomic E-state index is 13.5. The van der Waals surface area contributed by atoms with Gasteiger partial charge in [-0.05, 0) is 25.5 Å². The van der Waals surface area contributed by atoms with Crippen LogP contribution in [0.4, 0.5) is 8.78 Å². The quantitative estimate of drug-likeness (QED) is 0.861. The first-order valence-corrected chi connectivity index (χ1v) is 5.21. The van der Waals surface area contributed by atoms with Gasteiger partial charge in [0, 0.05) is 12.7 Å². The second kappa shape index (κ2) is 4.89. The minimum atomic E-state index is -0.830. The first kappa shape index (κ1) is 13.1. The van der Waals surface area contributed by atoms with Gasteiger partial charge in [-0.1, -0.05) is 13.0 Å². The minimum Gasteiger partial charge on any atom is -0.377 e. The van der Waals surface area contributed by atoms with Crippen molar-refractivity contribution in [3.63, 3.8) is 0 Å². The van der Waals surface area contributed by atoms with Gasteiger partial charge >= 0.3 is 0 Å². The highest BCUT2D eigenvalue weighted by Crippen LogP contribution is 2.32. The summed E-state index contributed by atoms with van der Waals surface area (Å²) in [5, 5.41) is 0. The summed E-state index contributed by atoms with van der Waals surface area (Å²) < 4.78 is 32.3. The Morgan fingerprint density at radius 2 is 1.88 bits per heavy atom. The van der Waals surface area contributed by atoms with E-state index in [1.807, 2.05) is 6.92 Å². The highest BCUT2D eigenvalue weighted by molar-refractivity contribution is 5.25. The maximum atomic E-state index is 13.5. The van der Waals surface area contributed by atoms with Crippen molar-refractivity contribution >= 4 is 0 Å². The van der Waals surface area contributed by atoms with Crippen LogP contribution in [-0.2, 0) is 4.74 Å². The van der Waals surface area contributed by atoms with Gasteiger partial charge in [0.2, 0.25) is 0 Å². The lowest BCUT2D eigenvalue weighted by Gasteiger charge is -2.33. The molecule has 0 radical (unpaired) electrons. The van der Waals surface area contributed by atoms with Gasteiger partial charge < -0.3 is 10.5 Å². The van der Waals surface area contributed by atoms with Crippen LogP contribution in [0.1, 0.15) is 31.9 Å². The molecule has 2 N–H and O–H groups in total. The highest BCUT2D eigenvalue weighted by Gasteiger charge is 2.34. The monoisotopic (exact) mass is 229 g/mol. The summed E-state index contributed by atoms with van der Waals surface area (Å²) in [5.74, 6) is -1.27. The summed E-state index contributed by atoms with van der Waals surface area (Å²) in [6.07, 6.45) is 0.568. The molecule has 0 aliphatic heterocycles. The van der Waals surface area contributed by atoms with E-state index in [0.29, 0.717) is 6.42 Å². The Hall–Kier alpha value is -1.00. The Morgan fingerprint density at radius 3 is 2.25 bits per heavy atom. The number of hydrogen-bond donors (Lipinski definition) is 1. The van der Waals surface area contributed by atoms with Gasteiger partial charge in [0.05, 0.1) is 11.6 Å². The average Bonchev–Trinajstić information content (AvgIpc) is 2.27. The third kappa shape index (κ3) is 2.23. The maximum Gasteiger partial charge on any atom is 0.131 e. The normalized spacial score (nSPS) is 16.9. The summed E-state index contributed by atoms with van der Waals surface area (Å²) in [4.78, 5) is 0. The third-order valence-corrected chi connectivity index (χ3v) is 3.14. The summed E-state index contributed by atoms with van der Waals surface area (Å²) in [6.45, 7) is 3.60. The van der Waals surface area contributed by atoms with Gasteiger partial charge in [-0.15, -0.1) is 0 Å². The van der Waals surface area contributed by atoms with Crippen LogP contribution in [-0.4, -0.2) is 12.7 Å². The molecule has 2 nitrogen and oxygen atoms in total. The van der Waals surface area contributed by atoms with E-state index >= 15 is 0 Å². The standard InChI is InChI=1S/C12H17F2NO/c1-4-12(2,16-3)11(15)10-8(13)6-5-7-9(10)14/h5-7,11H,4,15H2,1-3H3. The zero-order valence-corrected chi connectivity index (χ0v) is 9.76. The molecule has 2 unspecified atom stereocenters. The van der Waals surface area contributed by atoms with Crippen LogP contribution in [0, 0.1) is 11.6 Å². The van der Waals surface area contributed by atoms with E-state index in [-0.39, 0.29) is 5.56 Å². The van der Waals surface area contributed by atoms with Crippen molar-refractivity contribution in [2.45, 2.75) is 31.9 Å². The van der Waals surface area contributed by atoms with Crippen molar-refractivity contribution in [2.75, 3.05) is 7.11 Å². The number of hydrogen-bond acceptors (Lipinski definition) is 2. The Bertz CT molecular complexity index is 344. The predicted molar refractivity (Wildman–Crippen MR) is 59.0 cm³/mol. The molecular formula is C12H17F2NO. The van der Waals surface area contributed by atoms with Gasteiger partial charge in [0.25, 0.3) is 0 Å². The van der Waals surface area contributed by atoms with Crippen molar-refractivity contribution in [3.8, 4) is 0 Å². The molecule has 1 rings (SSSR count). The second-order valence-electron chi connectivity index (χ2n) is 3.98. The fraction of sp³-hybridized carbons (Fsp3) is 0.500. The smallest absolute Gasteiger partial charge is 0.131 e. The Labute approximate surface area is 94.4 Å². The number of ether oxygens (including phenoxy) is 1. The molecule has 90 valence electrons. The molecule has 0 heterocycles. The number of methoxy groups -OCH3 is 1. The van der Waals surface area contributed by atoms with Crippen molar-refractivity contribution in [1.29, 1.82) is 0 Å². The Balaban J connectivity index is 3.18. The van der Waals surface area contributed by atoms with Crippen LogP contribution in [0.5, 0.6) is 0 Å². The summed E-state index contributed by atoms with van der Waals surface area (Å²) in [5.41, 5.74) is 5.00. The third-order valence-electron chi connectivity index (χ3n) is 3.14. The molecule has 0 amide bonds. The number of nitrogens with two attached hydrogens (primary N) is 1. The summed E-state index contributed by atoms with van der Waals surface area (Å²) in [7, 11) is 1.49. The number of rotatable bonds is 4. The van der Waals surface area contributed by atoms with E-state index in [0.717, 1.165) is 0 Å². The van der Waals surface area contributed by atoms with Crippen molar-refractivity contribution in [1.82, 2.24) is 0 Å². The molecule has 0 aliphatic rings. The lowest BCUT2D eigenvalue weighted by atomic mass is 9.88. The largest absolute Gasteiger partial charge is 0.377 e. The zero-order valence-electron chi connectivity index (χ0n) is 9.76. The van der Waals surface area contributed by atoms with Crippen LogP contribution in [0.3, 0.4) is 0 Å². The van der Waals surface area contributed by atoms with E-state index < -0.39 is 23.3 Å². The molecule has 4 heteroatoms. The fourth-order valence-corrected chi connectivity index (χ4v) is 1.60. The Morgan fingerprint density at radius 1 is 1.38 bits per heavy atom. The van der Waals surface area contributed by atoms with Crippen LogP contribution >= 0.6 is 0 Å². The highest BCUT2D eigenvalue weighted by atomic mass is 19.1. The molecule has 0 bridgehead atoms. The lowest BCUT2D eigenvalue weighted by Crippen LogP contribution is -2.40. The predicted octanol–water partition coefficient (Wildman–Crippen LogP) is 2.78. The van der Waals surface area contributed by atoms with Crippen LogP contribution in [0.15, 0.2) is 18.2 Å².